The standard InChI is InChI=1S/C37H51FN6O3S.C37H49FN6O3S.C36H49FN6O3S.2H2/c1-5-40-21-23-42(24-22-40)33-28(10-8-11-29(33)38)35-44(20-16-37(2,3)4)34(46)31(48-35)25-32(45)41-17-14-27(15-18-41)43-19-13-26-9-6-7-12-30(26)39-36(43)47;1-5-40-20-22-42(23-21-40)33-28(12-9-13-29(33)38)35-43(19-16-37(2,3)4)34(46)31(48-35)24-32(45)41-17-14-27(15-18-41)44-25-30(39-36(44)47)26-10-7-6-8-11-26;1-5-39-19-21-41(22-20-39)32-27(10-8-11-28(32)37)34-42(18-15-36(2,3)4)33(45)30(47-34)23-31(44)40-16-13-26(14-17-40)43-24-25-9-6-7-12-29(25)38-35(43)46;;/h6-12,27,31,35H,5,13-25H2,1-4H3,(H,39,47);6-13,25,27,31,35H,5,14-24H2,1-4H3,(H,39,47);6-12,26,30,34H,5,13-24H2,1-4H3,(H,38,46);2*1H. The van der Waals surface area contributed by atoms with Crippen molar-refractivity contribution in [2.75, 3.05) is 189 Å². The number of carbonyl (C=O) groups excluding carboxylic acids is 8. The molecule has 0 spiro atoms. The number of urea groups is 2. The number of piperazine rings is 3. The second kappa shape index (κ2) is 46.7. The van der Waals surface area contributed by atoms with Crippen LogP contribution in [0, 0.1) is 33.7 Å². The molecule has 6 unspecified atom stereocenters. The summed E-state index contributed by atoms with van der Waals surface area (Å²) < 4.78 is 48.7. The second-order valence-corrected chi connectivity index (χ2v) is 47.6. The van der Waals surface area contributed by atoms with Gasteiger partial charge in [-0.05, 0) is 147 Å². The minimum atomic E-state index is -0.533. The summed E-state index contributed by atoms with van der Waals surface area (Å²) in [6.45, 7) is 44.6. The molecule has 18 rings (SSSR count). The lowest BCUT2D eigenvalue weighted by Gasteiger charge is -2.40. The number of imidazole rings is 1. The maximum atomic E-state index is 15.6. The Balaban J connectivity index is 0.000000171. The van der Waals surface area contributed by atoms with Gasteiger partial charge in [0.05, 0.1) is 38.5 Å². The number of likely N-dealkylation sites (N-methyl/N-ethyl adjacent to an activating group) is 3. The summed E-state index contributed by atoms with van der Waals surface area (Å²) in [6, 6.07) is 41.2. The summed E-state index contributed by atoms with van der Waals surface area (Å²) in [5, 5.41) is 3.40. The summed E-state index contributed by atoms with van der Waals surface area (Å²) in [7, 11) is 0. The Morgan fingerprint density at radius 1 is 0.378 bits per heavy atom. The number of nitrogens with one attached hydrogen (secondary N) is 3. The predicted molar refractivity (Wildman–Crippen MR) is 571 cm³/mol. The topological polar surface area (TPSA) is 244 Å². The first-order valence-corrected chi connectivity index (χ1v) is 55.1. The third-order valence-electron chi connectivity index (χ3n) is 30.6. The van der Waals surface area contributed by atoms with E-state index >= 15 is 13.2 Å². The molecule has 12 heterocycles. The van der Waals surface area contributed by atoms with Gasteiger partial charge in [-0.15, -0.1) is 35.3 Å². The van der Waals surface area contributed by atoms with Gasteiger partial charge >= 0.3 is 17.8 Å². The number of nitrogens with zero attached hydrogens (tertiary/aromatic N) is 15. The zero-order valence-corrected chi connectivity index (χ0v) is 88.2. The van der Waals surface area contributed by atoms with E-state index < -0.39 is 15.7 Å². The molecule has 776 valence electrons. The van der Waals surface area contributed by atoms with E-state index in [1.807, 2.05) is 136 Å². The third kappa shape index (κ3) is 25.6. The summed E-state index contributed by atoms with van der Waals surface area (Å²) in [4.78, 5) is 154. The highest BCUT2D eigenvalue weighted by molar-refractivity contribution is 8.01. The minimum Gasteiger partial charge on any atom is -0.366 e. The number of piperidine rings is 3. The number of halogens is 3. The Morgan fingerprint density at radius 3 is 1.07 bits per heavy atom. The van der Waals surface area contributed by atoms with Crippen molar-refractivity contribution in [3.8, 4) is 11.3 Å². The molecule has 27 nitrogen and oxygen atoms in total. The highest BCUT2D eigenvalue weighted by Crippen LogP contribution is 2.53. The highest BCUT2D eigenvalue weighted by atomic mass is 32.2. The van der Waals surface area contributed by atoms with Gasteiger partial charge in [-0.2, -0.15) is 0 Å². The van der Waals surface area contributed by atoms with Gasteiger partial charge in [0.1, 0.15) is 33.6 Å². The van der Waals surface area contributed by atoms with Gasteiger partial charge in [0, 0.05) is 225 Å². The van der Waals surface area contributed by atoms with E-state index in [4.69, 9.17) is 0 Å². The fourth-order valence-electron chi connectivity index (χ4n) is 21.8. The number of benzene rings is 6. The summed E-state index contributed by atoms with van der Waals surface area (Å²) in [5.41, 5.74) is 9.83. The second-order valence-electron chi connectivity index (χ2n) is 43.7. The predicted octanol–water partition coefficient (Wildman–Crippen LogP) is 17.8. The lowest BCUT2D eigenvalue weighted by Crippen LogP contribution is -2.51. The molecular formula is C110H153F3N18O9S3. The Labute approximate surface area is 858 Å². The Morgan fingerprint density at radius 2 is 0.706 bits per heavy atom. The number of thioether (sulfide) groups is 3. The molecule has 0 aliphatic carbocycles. The van der Waals surface area contributed by atoms with Crippen molar-refractivity contribution in [2.24, 2.45) is 16.2 Å². The molecule has 0 saturated carbocycles. The molecule has 11 aliphatic rings. The van der Waals surface area contributed by atoms with Crippen molar-refractivity contribution >= 4 is 111 Å². The fourth-order valence-corrected chi connectivity index (χ4v) is 26.3. The molecule has 6 atom stereocenters. The molecule has 11 aliphatic heterocycles. The molecule has 3 N–H and O–H groups in total. The fraction of sp³-hybridized carbons (Fsp3) is 0.573. The lowest BCUT2D eigenvalue weighted by atomic mass is 9.92. The van der Waals surface area contributed by atoms with Crippen molar-refractivity contribution in [1.29, 1.82) is 0 Å². The smallest absolute Gasteiger partial charge is 0.326 e. The first-order chi connectivity index (χ1) is 68.6. The van der Waals surface area contributed by atoms with Gasteiger partial charge in [-0.3, -0.25) is 33.3 Å². The van der Waals surface area contributed by atoms with Gasteiger partial charge in [0.25, 0.3) is 0 Å². The van der Waals surface area contributed by atoms with E-state index in [0.717, 1.165) is 174 Å². The van der Waals surface area contributed by atoms with Crippen molar-refractivity contribution in [3.05, 3.63) is 195 Å². The molecule has 9 fully saturated rings. The summed E-state index contributed by atoms with van der Waals surface area (Å²) in [5.74, 6) is -1.01. The summed E-state index contributed by atoms with van der Waals surface area (Å²) >= 11 is 4.48. The van der Waals surface area contributed by atoms with Crippen LogP contribution in [0.5, 0.6) is 0 Å². The quantitative estimate of drug-likeness (QED) is 0.0481. The van der Waals surface area contributed by atoms with Gasteiger partial charge in [-0.1, -0.05) is 186 Å². The van der Waals surface area contributed by atoms with E-state index in [9.17, 15) is 43.2 Å². The van der Waals surface area contributed by atoms with Gasteiger partial charge < -0.3 is 84.2 Å². The average molecular weight is 2020 g/mol. The van der Waals surface area contributed by atoms with Gasteiger partial charge in [0.2, 0.25) is 35.4 Å². The van der Waals surface area contributed by atoms with Crippen LogP contribution in [0.2, 0.25) is 0 Å². The average Bonchev–Trinajstić information content (AvgIpc) is 1.64. The van der Waals surface area contributed by atoms with Crippen molar-refractivity contribution in [1.82, 2.24) is 63.5 Å². The van der Waals surface area contributed by atoms with Crippen LogP contribution in [0.15, 0.2) is 144 Å². The van der Waals surface area contributed by atoms with Gasteiger partial charge in [0.15, 0.2) is 0 Å². The van der Waals surface area contributed by atoms with Gasteiger partial charge in [-0.25, -0.2) is 27.6 Å². The number of aromatic nitrogens is 2. The van der Waals surface area contributed by atoms with Crippen LogP contribution in [0.25, 0.3) is 11.3 Å². The number of carbonyl (C=O) groups is 8. The molecule has 10 amide bonds. The molecule has 1 aromatic heterocycles. The third-order valence-corrected chi connectivity index (χ3v) is 35.0. The number of H-pyrrole nitrogens is 1. The molecular weight excluding hydrogens is 1870 g/mol. The number of anilines is 5. The number of amides is 10. The molecule has 6 aromatic carbocycles. The first kappa shape index (κ1) is 106. The van der Waals surface area contributed by atoms with Crippen LogP contribution in [0.3, 0.4) is 0 Å². The van der Waals surface area contributed by atoms with Crippen LogP contribution in [0.1, 0.15) is 213 Å². The van der Waals surface area contributed by atoms with E-state index in [1.165, 1.54) is 53.5 Å². The minimum absolute atomic E-state index is 0. The molecule has 7 aromatic rings. The van der Waals surface area contributed by atoms with Crippen LogP contribution in [-0.2, 0) is 41.7 Å². The highest BCUT2D eigenvalue weighted by Gasteiger charge is 2.50. The number of hydrogen-bond donors (Lipinski definition) is 3. The Hall–Kier alpha value is -10.2. The Bertz CT molecular complexity index is 5680. The van der Waals surface area contributed by atoms with Crippen molar-refractivity contribution in [2.45, 2.75) is 223 Å². The number of fused-ring (bicyclic) bond motifs is 2. The zero-order chi connectivity index (χ0) is 101. The van der Waals surface area contributed by atoms with Crippen molar-refractivity contribution < 1.29 is 54.4 Å². The monoisotopic (exact) mass is 2020 g/mol. The van der Waals surface area contributed by atoms with Crippen LogP contribution in [0.4, 0.5) is 51.2 Å². The molecule has 33 heteroatoms. The van der Waals surface area contributed by atoms with Crippen LogP contribution < -0.4 is 31.0 Å². The largest absolute Gasteiger partial charge is 0.366 e. The number of rotatable bonds is 25. The molecule has 143 heavy (non-hydrogen) atoms. The van der Waals surface area contributed by atoms with E-state index in [0.29, 0.717) is 128 Å². The van der Waals surface area contributed by atoms with E-state index in [1.54, 1.807) is 22.8 Å². The van der Waals surface area contributed by atoms with Crippen molar-refractivity contribution in [3.63, 3.8) is 0 Å². The molecule has 9 saturated heterocycles. The number of aromatic amines is 1. The first-order valence-electron chi connectivity index (χ1n) is 52.2. The normalized spacial score (nSPS) is 22.4. The maximum Gasteiger partial charge on any atom is 0.326 e. The van der Waals surface area contributed by atoms with Crippen LogP contribution >= 0.6 is 35.3 Å². The zero-order valence-electron chi connectivity index (χ0n) is 85.8. The lowest BCUT2D eigenvalue weighted by molar-refractivity contribution is -0.137. The SMILES string of the molecule is CCN1CCN(c2c(F)cccc2C2SC(CC(=O)N3CCC(N4CCc5ccccc5NC4=O)CC3)C(=O)N2CCC(C)(C)C)CC1.CCN1CCN(c2c(F)cccc2C2SC(CC(=O)N3CCC(N4Cc5ccccc5NC4=O)CC3)C(=O)N2CCC(C)(C)C)CC1.CCN1CCN(c2c(F)cccc2C2SC(CC(=O)N3CCC(n4cc(-c5ccccc5)[nH]c4=O)CC3)C(=O)N2CCC(C)(C)C)CC1.[HH].[HH]. The van der Waals surface area contributed by atoms with E-state index in [-0.39, 0.29) is 143 Å². The number of likely N-dealkylation sites (tertiary alicyclic amines) is 3. The number of para-hydroxylation sites is 5. The maximum absolute atomic E-state index is 15.6. The number of hydrogen-bond acceptors (Lipinski definition) is 18. The molecule has 0 radical (unpaired) electrons. The van der Waals surface area contributed by atoms with E-state index in [2.05, 4.69) is 134 Å². The Kier molecular flexibility index (Phi) is 34.5. The summed E-state index contributed by atoms with van der Waals surface area (Å²) in [6.07, 6.45) is 9.59. The molecule has 0 bridgehead atoms. The van der Waals surface area contributed by atoms with Crippen LogP contribution in [-0.4, -0.2) is 302 Å².